The van der Waals surface area contributed by atoms with Crippen LogP contribution in [0.4, 0.5) is 9.59 Å². The second kappa shape index (κ2) is 8.99. The minimum Gasteiger partial charge on any atom is -0.450 e. The highest BCUT2D eigenvalue weighted by Gasteiger charge is 2.24. The lowest BCUT2D eigenvalue weighted by atomic mass is 10.1. The molecular formula is C16H21Cl2N3O3. The van der Waals surface area contributed by atoms with Crippen LogP contribution in [0, 0.1) is 0 Å². The van der Waals surface area contributed by atoms with Crippen molar-refractivity contribution in [3.63, 3.8) is 0 Å². The Kier molecular flexibility index (Phi) is 6.99. The summed E-state index contributed by atoms with van der Waals surface area (Å²) >= 11 is 12.0. The van der Waals surface area contributed by atoms with Gasteiger partial charge in [0.25, 0.3) is 0 Å². The van der Waals surface area contributed by atoms with Crippen LogP contribution in [0.15, 0.2) is 18.2 Å². The van der Waals surface area contributed by atoms with Crippen LogP contribution in [0.3, 0.4) is 0 Å². The molecule has 8 heteroatoms. The summed E-state index contributed by atoms with van der Waals surface area (Å²) in [6.07, 6.45) is 0.305. The van der Waals surface area contributed by atoms with Crippen molar-refractivity contribution < 1.29 is 14.3 Å². The lowest BCUT2D eigenvalue weighted by Gasteiger charge is -2.34. The monoisotopic (exact) mass is 373 g/mol. The summed E-state index contributed by atoms with van der Waals surface area (Å²) in [4.78, 5) is 27.1. The lowest BCUT2D eigenvalue weighted by molar-refractivity contribution is 0.0852. The normalized spacial score (nSPS) is 14.5. The van der Waals surface area contributed by atoms with Gasteiger partial charge in [0.1, 0.15) is 0 Å². The Morgan fingerprint density at radius 1 is 1.17 bits per heavy atom. The van der Waals surface area contributed by atoms with E-state index in [0.29, 0.717) is 55.8 Å². The fourth-order valence-corrected chi connectivity index (χ4v) is 2.95. The highest BCUT2D eigenvalue weighted by atomic mass is 35.5. The standard InChI is InChI=1S/C16H21Cl2N3O3/c1-2-24-16(23)21-9-7-20(8-10-21)15(22)19-6-5-12-3-4-13(17)11-14(12)18/h3-4,11H,2,5-10H2,1H3,(H,19,22). The summed E-state index contributed by atoms with van der Waals surface area (Å²) in [5.74, 6) is 0. The van der Waals surface area contributed by atoms with Gasteiger partial charge in [-0.15, -0.1) is 0 Å². The van der Waals surface area contributed by atoms with Crippen molar-refractivity contribution in [2.45, 2.75) is 13.3 Å². The third kappa shape index (κ3) is 5.18. The summed E-state index contributed by atoms with van der Waals surface area (Å²) < 4.78 is 4.96. The number of carbonyl (C=O) groups excluding carboxylic acids is 2. The van der Waals surface area contributed by atoms with Gasteiger partial charge in [-0.2, -0.15) is 0 Å². The highest BCUT2D eigenvalue weighted by Crippen LogP contribution is 2.21. The Morgan fingerprint density at radius 3 is 2.46 bits per heavy atom. The number of nitrogens with one attached hydrogen (secondary N) is 1. The van der Waals surface area contributed by atoms with Crippen molar-refractivity contribution in [1.82, 2.24) is 15.1 Å². The second-order valence-corrected chi connectivity index (χ2v) is 6.23. The van der Waals surface area contributed by atoms with E-state index in [1.165, 1.54) is 0 Å². The van der Waals surface area contributed by atoms with Crippen LogP contribution in [0.1, 0.15) is 12.5 Å². The number of ether oxygens (including phenoxy) is 1. The second-order valence-electron chi connectivity index (χ2n) is 5.39. The molecule has 1 aromatic rings. The van der Waals surface area contributed by atoms with Gasteiger partial charge >= 0.3 is 12.1 Å². The fourth-order valence-electron chi connectivity index (χ4n) is 2.45. The molecule has 1 aliphatic heterocycles. The van der Waals surface area contributed by atoms with Crippen LogP contribution in [0.2, 0.25) is 10.0 Å². The number of nitrogens with zero attached hydrogens (tertiary/aromatic N) is 2. The molecule has 0 saturated carbocycles. The molecule has 3 amide bonds. The van der Waals surface area contributed by atoms with E-state index in [1.54, 1.807) is 28.9 Å². The summed E-state index contributed by atoms with van der Waals surface area (Å²) in [5.41, 5.74) is 0.938. The van der Waals surface area contributed by atoms with Gasteiger partial charge in [-0.25, -0.2) is 9.59 Å². The Balaban J connectivity index is 1.73. The van der Waals surface area contributed by atoms with Gasteiger partial charge in [0.15, 0.2) is 0 Å². The van der Waals surface area contributed by atoms with Crippen LogP contribution in [-0.4, -0.2) is 61.3 Å². The van der Waals surface area contributed by atoms with Gasteiger partial charge in [-0.05, 0) is 31.0 Å². The summed E-state index contributed by atoms with van der Waals surface area (Å²) in [7, 11) is 0. The molecular weight excluding hydrogens is 353 g/mol. The van der Waals surface area contributed by atoms with Crippen LogP contribution < -0.4 is 5.32 Å². The predicted octanol–water partition coefficient (Wildman–Crippen LogP) is 3.02. The van der Waals surface area contributed by atoms with Gasteiger partial charge in [0, 0.05) is 42.8 Å². The maximum Gasteiger partial charge on any atom is 0.409 e. The molecule has 0 unspecified atom stereocenters. The van der Waals surface area contributed by atoms with Crippen molar-refractivity contribution in [2.75, 3.05) is 39.3 Å². The zero-order chi connectivity index (χ0) is 17.5. The molecule has 1 N–H and O–H groups in total. The van der Waals surface area contributed by atoms with E-state index in [1.807, 2.05) is 6.07 Å². The summed E-state index contributed by atoms with van der Waals surface area (Å²) in [6, 6.07) is 5.19. The Morgan fingerprint density at radius 2 is 1.83 bits per heavy atom. The largest absolute Gasteiger partial charge is 0.450 e. The molecule has 24 heavy (non-hydrogen) atoms. The number of rotatable bonds is 4. The van der Waals surface area contributed by atoms with Crippen molar-refractivity contribution >= 4 is 35.3 Å². The number of amides is 3. The molecule has 1 fully saturated rings. The fraction of sp³-hybridized carbons (Fsp3) is 0.500. The molecule has 0 bridgehead atoms. The van der Waals surface area contributed by atoms with E-state index in [2.05, 4.69) is 5.32 Å². The van der Waals surface area contributed by atoms with Crippen LogP contribution in [0.25, 0.3) is 0 Å². The smallest absolute Gasteiger partial charge is 0.409 e. The molecule has 2 rings (SSSR count). The first-order valence-electron chi connectivity index (χ1n) is 7.89. The Bertz CT molecular complexity index is 590. The first-order chi connectivity index (χ1) is 11.5. The maximum atomic E-state index is 12.2. The zero-order valence-corrected chi connectivity index (χ0v) is 15.1. The van der Waals surface area contributed by atoms with Crippen molar-refractivity contribution in [3.8, 4) is 0 Å². The molecule has 1 aromatic carbocycles. The molecule has 1 saturated heterocycles. The van der Waals surface area contributed by atoms with Crippen molar-refractivity contribution in [2.24, 2.45) is 0 Å². The average molecular weight is 374 g/mol. The van der Waals surface area contributed by atoms with E-state index >= 15 is 0 Å². The van der Waals surface area contributed by atoms with Crippen LogP contribution >= 0.6 is 23.2 Å². The number of halogens is 2. The third-order valence-electron chi connectivity index (χ3n) is 3.78. The zero-order valence-electron chi connectivity index (χ0n) is 13.6. The quantitative estimate of drug-likeness (QED) is 0.881. The van der Waals surface area contributed by atoms with Gasteiger partial charge in [-0.1, -0.05) is 29.3 Å². The molecule has 0 atom stereocenters. The number of urea groups is 1. The van der Waals surface area contributed by atoms with Gasteiger partial charge in [0.2, 0.25) is 0 Å². The van der Waals surface area contributed by atoms with Crippen LogP contribution in [-0.2, 0) is 11.2 Å². The van der Waals surface area contributed by atoms with E-state index in [9.17, 15) is 9.59 Å². The third-order valence-corrected chi connectivity index (χ3v) is 4.37. The topological polar surface area (TPSA) is 61.9 Å². The lowest BCUT2D eigenvalue weighted by Crippen LogP contribution is -2.53. The first-order valence-corrected chi connectivity index (χ1v) is 8.65. The summed E-state index contributed by atoms with van der Waals surface area (Å²) in [5, 5.41) is 4.06. The van der Waals surface area contributed by atoms with E-state index < -0.39 is 0 Å². The number of benzene rings is 1. The summed E-state index contributed by atoms with van der Waals surface area (Å²) in [6.45, 7) is 4.56. The van der Waals surface area contributed by atoms with E-state index in [-0.39, 0.29) is 12.1 Å². The van der Waals surface area contributed by atoms with Gasteiger partial charge in [-0.3, -0.25) is 0 Å². The minimum absolute atomic E-state index is 0.136. The van der Waals surface area contributed by atoms with Crippen LogP contribution in [0.5, 0.6) is 0 Å². The average Bonchev–Trinajstić information content (AvgIpc) is 2.57. The number of carbonyl (C=O) groups is 2. The molecule has 0 aromatic heterocycles. The molecule has 0 spiro atoms. The number of piperazine rings is 1. The minimum atomic E-state index is -0.324. The maximum absolute atomic E-state index is 12.2. The molecule has 132 valence electrons. The number of hydrogen-bond acceptors (Lipinski definition) is 3. The van der Waals surface area contributed by atoms with Gasteiger partial charge in [0.05, 0.1) is 6.61 Å². The number of hydrogen-bond donors (Lipinski definition) is 1. The van der Waals surface area contributed by atoms with Crippen molar-refractivity contribution in [1.29, 1.82) is 0 Å². The SMILES string of the molecule is CCOC(=O)N1CCN(C(=O)NCCc2ccc(Cl)cc2Cl)CC1. The van der Waals surface area contributed by atoms with E-state index in [4.69, 9.17) is 27.9 Å². The Labute approximate surface area is 151 Å². The predicted molar refractivity (Wildman–Crippen MR) is 93.7 cm³/mol. The molecule has 6 nitrogen and oxygen atoms in total. The molecule has 1 heterocycles. The highest BCUT2D eigenvalue weighted by molar-refractivity contribution is 6.35. The van der Waals surface area contributed by atoms with Crippen molar-refractivity contribution in [3.05, 3.63) is 33.8 Å². The van der Waals surface area contributed by atoms with E-state index in [0.717, 1.165) is 5.56 Å². The molecule has 0 radical (unpaired) electrons. The first kappa shape index (κ1) is 18.7. The van der Waals surface area contributed by atoms with Gasteiger partial charge < -0.3 is 19.9 Å². The molecule has 0 aliphatic carbocycles. The molecule has 1 aliphatic rings. The Hall–Kier alpha value is -1.66.